The molecule has 7 nitrogen and oxygen atoms in total. The van der Waals surface area contributed by atoms with Gasteiger partial charge in [-0.05, 0) is 58.0 Å². The van der Waals surface area contributed by atoms with Crippen LogP contribution in [0.5, 0.6) is 5.75 Å². The highest BCUT2D eigenvalue weighted by molar-refractivity contribution is 5.93. The molecule has 0 aliphatic carbocycles. The van der Waals surface area contributed by atoms with Crippen LogP contribution in [0, 0.1) is 0 Å². The zero-order valence-electron chi connectivity index (χ0n) is 19.9. The van der Waals surface area contributed by atoms with E-state index in [2.05, 4.69) is 46.4 Å². The summed E-state index contributed by atoms with van der Waals surface area (Å²) in [4.78, 5) is 17.7. The average Bonchev–Trinajstić information content (AvgIpc) is 3.34. The Morgan fingerprint density at radius 2 is 1.73 bits per heavy atom. The molecule has 3 atom stereocenters. The molecule has 4 rings (SSSR count). The van der Waals surface area contributed by atoms with Crippen molar-refractivity contribution in [2.75, 3.05) is 50.1 Å². The van der Waals surface area contributed by atoms with Crippen LogP contribution in [0.25, 0.3) is 0 Å². The summed E-state index contributed by atoms with van der Waals surface area (Å²) in [6.45, 7) is 8.35. The van der Waals surface area contributed by atoms with Gasteiger partial charge >= 0.3 is 6.03 Å². The molecule has 2 saturated heterocycles. The Labute approximate surface area is 197 Å². The lowest BCUT2D eigenvalue weighted by Crippen LogP contribution is -2.46. The summed E-state index contributed by atoms with van der Waals surface area (Å²) < 4.78 is 11.5. The van der Waals surface area contributed by atoms with E-state index < -0.39 is 0 Å². The SMILES string of the molecule is COc1ccccc1C(CNC(=O)Nc1ccccc1N1CC(C)OC(C)C1)N1CCCC1. The Morgan fingerprint density at radius 3 is 2.45 bits per heavy atom. The number of anilines is 2. The number of urea groups is 1. The van der Waals surface area contributed by atoms with Gasteiger partial charge in [-0.2, -0.15) is 0 Å². The molecule has 178 valence electrons. The highest BCUT2D eigenvalue weighted by Gasteiger charge is 2.27. The number of hydrogen-bond donors (Lipinski definition) is 2. The summed E-state index contributed by atoms with van der Waals surface area (Å²) in [6, 6.07) is 15.9. The van der Waals surface area contributed by atoms with Crippen LogP contribution in [0.15, 0.2) is 48.5 Å². The van der Waals surface area contributed by atoms with Crippen LogP contribution in [-0.4, -0.2) is 63.0 Å². The third-order valence-electron chi connectivity index (χ3n) is 6.45. The van der Waals surface area contributed by atoms with E-state index in [0.717, 1.165) is 48.9 Å². The van der Waals surface area contributed by atoms with Crippen molar-refractivity contribution in [1.82, 2.24) is 10.2 Å². The van der Waals surface area contributed by atoms with Crippen LogP contribution in [0.4, 0.5) is 16.2 Å². The molecule has 2 fully saturated rings. The molecule has 2 amide bonds. The highest BCUT2D eigenvalue weighted by Crippen LogP contribution is 2.32. The maximum atomic E-state index is 13.0. The molecule has 2 aromatic rings. The standard InChI is InChI=1S/C26H36N4O3/c1-19-17-30(18-20(2)33-19)23-12-6-5-11-22(23)28-26(31)27-16-24(29-14-8-9-15-29)21-10-4-7-13-25(21)32-3/h4-7,10-13,19-20,24H,8-9,14-18H2,1-3H3,(H2,27,28,31). The number of benzene rings is 2. The number of nitrogens with zero attached hydrogens (tertiary/aromatic N) is 2. The Hall–Kier alpha value is -2.77. The minimum absolute atomic E-state index is 0.0746. The molecule has 2 heterocycles. The second kappa shape index (κ2) is 10.9. The van der Waals surface area contributed by atoms with Crippen LogP contribution in [-0.2, 0) is 4.74 Å². The molecular weight excluding hydrogens is 416 g/mol. The summed E-state index contributed by atoms with van der Waals surface area (Å²) in [7, 11) is 1.70. The van der Waals surface area contributed by atoms with E-state index in [1.165, 1.54) is 12.8 Å². The Morgan fingerprint density at radius 1 is 1.06 bits per heavy atom. The molecule has 0 radical (unpaired) electrons. The van der Waals surface area contributed by atoms with Gasteiger partial charge in [-0.25, -0.2) is 4.79 Å². The molecular formula is C26H36N4O3. The van der Waals surface area contributed by atoms with E-state index in [1.54, 1.807) is 7.11 Å². The lowest BCUT2D eigenvalue weighted by Gasteiger charge is -2.37. The Kier molecular flexibility index (Phi) is 7.73. The van der Waals surface area contributed by atoms with Crippen molar-refractivity contribution in [3.05, 3.63) is 54.1 Å². The molecule has 33 heavy (non-hydrogen) atoms. The normalized spacial score (nSPS) is 22.1. The van der Waals surface area contributed by atoms with Gasteiger partial charge in [0.15, 0.2) is 0 Å². The second-order valence-electron chi connectivity index (χ2n) is 9.02. The van der Waals surface area contributed by atoms with Crippen molar-refractivity contribution < 1.29 is 14.3 Å². The van der Waals surface area contributed by atoms with Crippen LogP contribution in [0.2, 0.25) is 0 Å². The van der Waals surface area contributed by atoms with Gasteiger partial charge in [-0.3, -0.25) is 4.90 Å². The molecule has 7 heteroatoms. The maximum absolute atomic E-state index is 13.0. The van der Waals surface area contributed by atoms with Gasteiger partial charge in [-0.1, -0.05) is 30.3 Å². The number of nitrogens with one attached hydrogen (secondary N) is 2. The van der Waals surface area contributed by atoms with Crippen LogP contribution < -0.4 is 20.3 Å². The van der Waals surface area contributed by atoms with Gasteiger partial charge in [0.2, 0.25) is 0 Å². The monoisotopic (exact) mass is 452 g/mol. The minimum atomic E-state index is -0.198. The number of morpholine rings is 1. The summed E-state index contributed by atoms with van der Waals surface area (Å²) in [5.74, 6) is 0.859. The van der Waals surface area contributed by atoms with Gasteiger partial charge in [0.1, 0.15) is 5.75 Å². The summed E-state index contributed by atoms with van der Waals surface area (Å²) in [5.41, 5.74) is 2.95. The third kappa shape index (κ3) is 5.78. The van der Waals surface area contributed by atoms with Crippen molar-refractivity contribution in [3.8, 4) is 5.75 Å². The highest BCUT2D eigenvalue weighted by atomic mass is 16.5. The first-order chi connectivity index (χ1) is 16.0. The molecule has 0 bridgehead atoms. The van der Waals surface area contributed by atoms with Gasteiger partial charge in [0, 0.05) is 25.2 Å². The molecule has 0 spiro atoms. The summed E-state index contributed by atoms with van der Waals surface area (Å²) in [6.07, 6.45) is 2.67. The fourth-order valence-electron chi connectivity index (χ4n) is 5.02. The number of ether oxygens (including phenoxy) is 2. The predicted octanol–water partition coefficient (Wildman–Crippen LogP) is 4.27. The largest absolute Gasteiger partial charge is 0.496 e. The van der Waals surface area contributed by atoms with E-state index in [0.29, 0.717) is 6.54 Å². The first-order valence-electron chi connectivity index (χ1n) is 12.0. The van der Waals surface area contributed by atoms with Gasteiger partial charge in [0.05, 0.1) is 36.7 Å². The number of likely N-dealkylation sites (tertiary alicyclic amines) is 1. The number of carbonyl (C=O) groups excluding carboxylic acids is 1. The fraction of sp³-hybridized carbons (Fsp3) is 0.500. The van der Waals surface area contributed by atoms with Gasteiger partial charge in [-0.15, -0.1) is 0 Å². The van der Waals surface area contributed by atoms with E-state index in [-0.39, 0.29) is 24.3 Å². The van der Waals surface area contributed by atoms with Crippen LogP contribution >= 0.6 is 0 Å². The van der Waals surface area contributed by atoms with Crippen molar-refractivity contribution in [3.63, 3.8) is 0 Å². The molecule has 0 aromatic heterocycles. The molecule has 0 saturated carbocycles. The molecule has 2 aromatic carbocycles. The van der Waals surface area contributed by atoms with Gasteiger partial charge < -0.3 is 25.0 Å². The molecule has 2 aliphatic rings. The summed E-state index contributed by atoms with van der Waals surface area (Å²) in [5, 5.41) is 6.20. The number of carbonyl (C=O) groups is 1. The minimum Gasteiger partial charge on any atom is -0.496 e. The van der Waals surface area contributed by atoms with Crippen molar-refractivity contribution >= 4 is 17.4 Å². The van der Waals surface area contributed by atoms with Gasteiger partial charge in [0.25, 0.3) is 0 Å². The zero-order valence-corrected chi connectivity index (χ0v) is 19.9. The predicted molar refractivity (Wildman–Crippen MR) is 132 cm³/mol. The van der Waals surface area contributed by atoms with E-state index in [1.807, 2.05) is 36.4 Å². The lowest BCUT2D eigenvalue weighted by molar-refractivity contribution is -0.00517. The number of para-hydroxylation sites is 3. The average molecular weight is 453 g/mol. The molecule has 3 unspecified atom stereocenters. The fourth-order valence-corrected chi connectivity index (χ4v) is 5.02. The van der Waals surface area contributed by atoms with Crippen molar-refractivity contribution in [2.24, 2.45) is 0 Å². The second-order valence-corrected chi connectivity index (χ2v) is 9.02. The zero-order chi connectivity index (χ0) is 23.2. The first-order valence-corrected chi connectivity index (χ1v) is 12.0. The summed E-state index contributed by atoms with van der Waals surface area (Å²) >= 11 is 0. The van der Waals surface area contributed by atoms with Crippen LogP contribution in [0.3, 0.4) is 0 Å². The Bertz CT molecular complexity index is 921. The first kappa shape index (κ1) is 23.4. The third-order valence-corrected chi connectivity index (χ3v) is 6.45. The number of rotatable bonds is 7. The topological polar surface area (TPSA) is 66.1 Å². The maximum Gasteiger partial charge on any atom is 0.319 e. The molecule has 2 aliphatic heterocycles. The van der Waals surface area contributed by atoms with E-state index in [4.69, 9.17) is 9.47 Å². The number of hydrogen-bond acceptors (Lipinski definition) is 5. The number of amides is 2. The molecule has 2 N–H and O–H groups in total. The Balaban J connectivity index is 1.45. The van der Waals surface area contributed by atoms with Crippen molar-refractivity contribution in [2.45, 2.75) is 44.9 Å². The lowest BCUT2D eigenvalue weighted by atomic mass is 10.0. The van der Waals surface area contributed by atoms with Crippen molar-refractivity contribution in [1.29, 1.82) is 0 Å². The van der Waals surface area contributed by atoms with Crippen LogP contribution in [0.1, 0.15) is 38.3 Å². The smallest absolute Gasteiger partial charge is 0.319 e. The number of methoxy groups -OCH3 is 1. The van der Waals surface area contributed by atoms with E-state index in [9.17, 15) is 4.79 Å². The quantitative estimate of drug-likeness (QED) is 0.657. The van der Waals surface area contributed by atoms with E-state index >= 15 is 0 Å².